The molecule has 2 heterocycles. The van der Waals surface area contributed by atoms with Gasteiger partial charge in [0.25, 0.3) is 0 Å². The lowest BCUT2D eigenvalue weighted by Gasteiger charge is -2.12. The van der Waals surface area contributed by atoms with Gasteiger partial charge in [-0.3, -0.25) is 0 Å². The first-order chi connectivity index (χ1) is 12.2. The summed E-state index contributed by atoms with van der Waals surface area (Å²) >= 11 is 5.97. The van der Waals surface area contributed by atoms with Gasteiger partial charge in [0.2, 0.25) is 11.2 Å². The van der Waals surface area contributed by atoms with Crippen LogP contribution in [0.5, 0.6) is 11.6 Å². The summed E-state index contributed by atoms with van der Waals surface area (Å²) < 4.78 is 7.40. The molecule has 0 aliphatic rings. The molecular weight excluding hydrogens is 336 g/mol. The van der Waals surface area contributed by atoms with Crippen LogP contribution < -0.4 is 4.74 Å². The fourth-order valence-electron chi connectivity index (χ4n) is 2.51. The van der Waals surface area contributed by atoms with E-state index in [2.05, 4.69) is 21.9 Å². The number of halogens is 1. The maximum Gasteiger partial charge on any atom is 0.246 e. The van der Waals surface area contributed by atoms with E-state index in [1.165, 1.54) is 4.52 Å². The Hall–Kier alpha value is -3.18. The molecule has 0 saturated carbocycles. The Morgan fingerprint density at radius 2 is 1.68 bits per heavy atom. The molecule has 6 heteroatoms. The van der Waals surface area contributed by atoms with Crippen LogP contribution in [0.25, 0.3) is 11.2 Å². The van der Waals surface area contributed by atoms with E-state index in [-0.39, 0.29) is 5.28 Å². The minimum absolute atomic E-state index is 0.183. The van der Waals surface area contributed by atoms with Gasteiger partial charge in [0.05, 0.1) is 0 Å². The highest BCUT2D eigenvalue weighted by atomic mass is 35.5. The average Bonchev–Trinajstić information content (AvgIpc) is 3.03. The van der Waals surface area contributed by atoms with Crippen molar-refractivity contribution < 1.29 is 4.74 Å². The second-order valence-electron chi connectivity index (χ2n) is 5.35. The molecule has 0 spiro atoms. The zero-order chi connectivity index (χ0) is 17.2. The van der Waals surface area contributed by atoms with Crippen LogP contribution in [0.1, 0.15) is 11.1 Å². The number of hydrogen-bond donors (Lipinski definition) is 0. The largest absolute Gasteiger partial charge is 0.437 e. The van der Waals surface area contributed by atoms with E-state index in [1.807, 2.05) is 54.6 Å². The molecule has 122 valence electrons. The molecule has 25 heavy (non-hydrogen) atoms. The van der Waals surface area contributed by atoms with E-state index in [4.69, 9.17) is 16.3 Å². The monoisotopic (exact) mass is 348 g/mol. The molecule has 0 aliphatic carbocycles. The van der Waals surface area contributed by atoms with Gasteiger partial charge in [-0.05, 0) is 34.9 Å². The van der Waals surface area contributed by atoms with Gasteiger partial charge in [-0.25, -0.2) is 0 Å². The van der Waals surface area contributed by atoms with Crippen LogP contribution in [-0.2, 0) is 0 Å². The Bertz CT molecular complexity index is 1060. The summed E-state index contributed by atoms with van der Waals surface area (Å²) in [5.41, 5.74) is 3.35. The third kappa shape index (κ3) is 2.97. The first-order valence-electron chi connectivity index (χ1n) is 7.62. The molecule has 0 saturated heterocycles. The van der Waals surface area contributed by atoms with E-state index >= 15 is 0 Å². The van der Waals surface area contributed by atoms with Crippen molar-refractivity contribution in [2.75, 3.05) is 0 Å². The Kier molecular flexibility index (Phi) is 3.91. The van der Waals surface area contributed by atoms with E-state index in [1.54, 1.807) is 12.1 Å². The van der Waals surface area contributed by atoms with Crippen molar-refractivity contribution in [2.24, 2.45) is 0 Å². The van der Waals surface area contributed by atoms with Gasteiger partial charge in [-0.2, -0.15) is 4.52 Å². The minimum atomic E-state index is 0.183. The summed E-state index contributed by atoms with van der Waals surface area (Å²) in [4.78, 5) is 0. The molecular formula is C19H13ClN4O. The fourth-order valence-corrected chi connectivity index (χ4v) is 2.67. The SMILES string of the molecule is C=C(c1ccccc1)c1ccccc1Oc1ccc2nnc(Cl)n2n1. The molecule has 0 radical (unpaired) electrons. The second-order valence-corrected chi connectivity index (χ2v) is 5.69. The fraction of sp³-hybridized carbons (Fsp3) is 0. The standard InChI is InChI=1S/C19H13ClN4O/c1-13(14-7-3-2-4-8-14)15-9-5-6-10-16(15)25-18-12-11-17-21-22-19(20)24(17)23-18/h2-12H,1H2. The Balaban J connectivity index is 1.71. The number of para-hydroxylation sites is 1. The molecule has 5 nitrogen and oxygen atoms in total. The summed E-state index contributed by atoms with van der Waals surface area (Å²) in [6, 6.07) is 21.1. The van der Waals surface area contributed by atoms with Crippen molar-refractivity contribution in [3.05, 3.63) is 89.7 Å². The van der Waals surface area contributed by atoms with E-state index in [0.717, 1.165) is 16.7 Å². The van der Waals surface area contributed by atoms with Crippen molar-refractivity contribution in [3.63, 3.8) is 0 Å². The molecule has 4 rings (SSSR count). The number of rotatable bonds is 4. The Labute approximate surface area is 149 Å². The molecule has 0 aliphatic heterocycles. The van der Waals surface area contributed by atoms with Crippen LogP contribution in [0.15, 0.2) is 73.3 Å². The van der Waals surface area contributed by atoms with Gasteiger partial charge < -0.3 is 4.74 Å². The number of fused-ring (bicyclic) bond motifs is 1. The topological polar surface area (TPSA) is 52.3 Å². The van der Waals surface area contributed by atoms with Crippen LogP contribution >= 0.6 is 11.6 Å². The molecule has 0 unspecified atom stereocenters. The van der Waals surface area contributed by atoms with Gasteiger partial charge in [0.1, 0.15) is 5.75 Å². The molecule has 0 bridgehead atoms. The lowest BCUT2D eigenvalue weighted by atomic mass is 9.99. The molecule has 2 aromatic heterocycles. The van der Waals surface area contributed by atoms with Crippen LogP contribution in [-0.4, -0.2) is 19.8 Å². The maximum atomic E-state index is 5.98. The maximum absolute atomic E-state index is 5.98. The van der Waals surface area contributed by atoms with Crippen molar-refractivity contribution in [3.8, 4) is 11.6 Å². The molecule has 0 fully saturated rings. The van der Waals surface area contributed by atoms with Gasteiger partial charge in [-0.1, -0.05) is 55.1 Å². The molecule has 0 N–H and O–H groups in total. The van der Waals surface area contributed by atoms with Crippen LogP contribution in [0.3, 0.4) is 0 Å². The van der Waals surface area contributed by atoms with Gasteiger partial charge in [-0.15, -0.1) is 15.3 Å². The van der Waals surface area contributed by atoms with Gasteiger partial charge in [0, 0.05) is 11.6 Å². The zero-order valence-electron chi connectivity index (χ0n) is 13.1. The zero-order valence-corrected chi connectivity index (χ0v) is 13.9. The predicted octanol–water partition coefficient (Wildman–Crippen LogP) is 4.63. The second kappa shape index (κ2) is 6.37. The minimum Gasteiger partial charge on any atom is -0.437 e. The first-order valence-corrected chi connectivity index (χ1v) is 8.00. The van der Waals surface area contributed by atoms with Crippen LogP contribution in [0.4, 0.5) is 0 Å². The molecule has 2 aromatic carbocycles. The molecule has 0 amide bonds. The Morgan fingerprint density at radius 3 is 2.52 bits per heavy atom. The summed E-state index contributed by atoms with van der Waals surface area (Å²) in [6.45, 7) is 4.21. The summed E-state index contributed by atoms with van der Waals surface area (Å²) in [7, 11) is 0. The number of hydrogen-bond acceptors (Lipinski definition) is 4. The molecule has 4 aromatic rings. The first kappa shape index (κ1) is 15.4. The van der Waals surface area contributed by atoms with Crippen LogP contribution in [0.2, 0.25) is 5.28 Å². The van der Waals surface area contributed by atoms with E-state index in [0.29, 0.717) is 17.3 Å². The number of ether oxygens (including phenoxy) is 1. The van der Waals surface area contributed by atoms with Gasteiger partial charge in [0.15, 0.2) is 5.65 Å². The number of aromatic nitrogens is 4. The highest BCUT2D eigenvalue weighted by molar-refractivity contribution is 6.28. The lowest BCUT2D eigenvalue weighted by Crippen LogP contribution is -1.98. The lowest BCUT2D eigenvalue weighted by molar-refractivity contribution is 0.451. The Morgan fingerprint density at radius 1 is 0.920 bits per heavy atom. The summed E-state index contributed by atoms with van der Waals surface area (Å²) in [6.07, 6.45) is 0. The van der Waals surface area contributed by atoms with Crippen molar-refractivity contribution >= 4 is 22.8 Å². The highest BCUT2D eigenvalue weighted by Crippen LogP contribution is 2.32. The summed E-state index contributed by atoms with van der Waals surface area (Å²) in [5.74, 6) is 1.05. The molecule has 0 atom stereocenters. The number of nitrogens with zero attached hydrogens (tertiary/aromatic N) is 4. The van der Waals surface area contributed by atoms with Gasteiger partial charge >= 0.3 is 0 Å². The van der Waals surface area contributed by atoms with Crippen LogP contribution in [0, 0.1) is 0 Å². The quantitative estimate of drug-likeness (QED) is 0.539. The predicted molar refractivity (Wildman–Crippen MR) is 96.9 cm³/mol. The van der Waals surface area contributed by atoms with E-state index in [9.17, 15) is 0 Å². The normalized spacial score (nSPS) is 10.8. The van der Waals surface area contributed by atoms with Crippen molar-refractivity contribution in [2.45, 2.75) is 0 Å². The van der Waals surface area contributed by atoms with Crippen molar-refractivity contribution in [1.82, 2.24) is 19.8 Å². The smallest absolute Gasteiger partial charge is 0.246 e. The van der Waals surface area contributed by atoms with E-state index < -0.39 is 0 Å². The highest BCUT2D eigenvalue weighted by Gasteiger charge is 2.11. The van der Waals surface area contributed by atoms with Crippen molar-refractivity contribution in [1.29, 1.82) is 0 Å². The third-order valence-electron chi connectivity index (χ3n) is 3.75. The average molecular weight is 349 g/mol. The third-order valence-corrected chi connectivity index (χ3v) is 3.98. The summed E-state index contributed by atoms with van der Waals surface area (Å²) in [5, 5.41) is 12.2. The number of benzene rings is 2.